The van der Waals surface area contributed by atoms with Crippen LogP contribution >= 0.6 is 0 Å². The molecule has 1 saturated carbocycles. The van der Waals surface area contributed by atoms with Gasteiger partial charge in [0.05, 0.1) is 10.5 Å². The lowest BCUT2D eigenvalue weighted by Crippen LogP contribution is -2.36. The van der Waals surface area contributed by atoms with E-state index in [1.165, 1.54) is 24.8 Å². The molecule has 166 valence electrons. The van der Waals surface area contributed by atoms with E-state index in [1.54, 1.807) is 12.1 Å². The van der Waals surface area contributed by atoms with Gasteiger partial charge in [-0.05, 0) is 55.9 Å². The molecule has 0 aromatic heterocycles. The number of carbonyl (C=O) groups excluding carboxylic acids is 1. The van der Waals surface area contributed by atoms with E-state index >= 15 is 0 Å². The summed E-state index contributed by atoms with van der Waals surface area (Å²) in [5.41, 5.74) is 2.42. The van der Waals surface area contributed by atoms with E-state index in [4.69, 9.17) is 0 Å². The van der Waals surface area contributed by atoms with E-state index in [1.807, 2.05) is 41.3 Å². The van der Waals surface area contributed by atoms with Crippen LogP contribution in [0.15, 0.2) is 53.4 Å². The maximum Gasteiger partial charge on any atom is 0.256 e. The fraction of sp³-hybridized carbons (Fsp3) is 0.458. The van der Waals surface area contributed by atoms with E-state index in [9.17, 15) is 13.2 Å². The van der Waals surface area contributed by atoms with E-state index < -0.39 is 10.0 Å². The molecule has 1 saturated heterocycles. The Bertz CT molecular complexity index is 1030. The van der Waals surface area contributed by atoms with E-state index in [0.717, 1.165) is 50.0 Å². The van der Waals surface area contributed by atoms with Crippen molar-refractivity contribution < 1.29 is 13.2 Å². The molecule has 1 aliphatic carbocycles. The molecule has 0 atom stereocenters. The topological polar surface area (TPSA) is 60.9 Å². The Kier molecular flexibility index (Phi) is 6.34. The number of hydrogen-bond donors (Lipinski definition) is 0. The van der Waals surface area contributed by atoms with Gasteiger partial charge in [-0.25, -0.2) is 12.7 Å². The summed E-state index contributed by atoms with van der Waals surface area (Å²) in [6.07, 6.45) is 5.35. The number of amides is 1. The van der Waals surface area contributed by atoms with Gasteiger partial charge in [0.1, 0.15) is 0 Å². The summed E-state index contributed by atoms with van der Waals surface area (Å²) >= 11 is 0. The molecule has 1 aliphatic heterocycles. The number of piperidine rings is 1. The average molecular weight is 442 g/mol. The largest absolute Gasteiger partial charge is 0.371 e. The molecular formula is C24H31N3O3S. The molecule has 0 bridgehead atoms. The third-order valence-electron chi connectivity index (χ3n) is 6.12. The molecule has 31 heavy (non-hydrogen) atoms. The molecule has 7 heteroatoms. The number of hydrogen-bond acceptors (Lipinski definition) is 4. The lowest BCUT2D eigenvalue weighted by atomic mass is 10.1. The van der Waals surface area contributed by atoms with Crippen LogP contribution in [0.1, 0.15) is 48.0 Å². The van der Waals surface area contributed by atoms with Crippen LogP contribution < -0.4 is 4.90 Å². The van der Waals surface area contributed by atoms with Gasteiger partial charge in [-0.3, -0.25) is 4.79 Å². The zero-order chi connectivity index (χ0) is 22.0. The summed E-state index contributed by atoms with van der Waals surface area (Å²) in [7, 11) is -0.595. The molecule has 6 nitrogen and oxygen atoms in total. The highest BCUT2D eigenvalue weighted by Gasteiger charge is 2.35. The van der Waals surface area contributed by atoms with Gasteiger partial charge in [0.2, 0.25) is 10.0 Å². The maximum absolute atomic E-state index is 13.8. The molecule has 0 radical (unpaired) electrons. The van der Waals surface area contributed by atoms with E-state index in [-0.39, 0.29) is 16.8 Å². The van der Waals surface area contributed by atoms with Crippen LogP contribution in [-0.4, -0.2) is 56.8 Å². The van der Waals surface area contributed by atoms with Crippen LogP contribution in [0.3, 0.4) is 0 Å². The normalized spacial score (nSPS) is 17.1. The number of nitrogens with zero attached hydrogens (tertiary/aromatic N) is 3. The predicted octanol–water partition coefficient (Wildman–Crippen LogP) is 3.73. The van der Waals surface area contributed by atoms with Crippen LogP contribution in [0.5, 0.6) is 0 Å². The van der Waals surface area contributed by atoms with Gasteiger partial charge in [0.15, 0.2) is 0 Å². The van der Waals surface area contributed by atoms with Gasteiger partial charge in [-0.1, -0.05) is 30.3 Å². The molecule has 1 amide bonds. The SMILES string of the molecule is CN(C)S(=O)(=O)c1ccc(N2CCCCC2)c(C(=O)N(Cc2ccccc2)C2CC2)c1. The second kappa shape index (κ2) is 9.01. The smallest absolute Gasteiger partial charge is 0.256 e. The van der Waals surface area contributed by atoms with Crippen molar-refractivity contribution in [3.05, 3.63) is 59.7 Å². The minimum Gasteiger partial charge on any atom is -0.371 e. The molecule has 4 rings (SSSR count). The van der Waals surface area contributed by atoms with Crippen LogP contribution in [0.25, 0.3) is 0 Å². The van der Waals surface area contributed by atoms with Crippen LogP contribution in [0.2, 0.25) is 0 Å². The van der Waals surface area contributed by atoms with Crippen LogP contribution in [0.4, 0.5) is 5.69 Å². The Hall–Kier alpha value is -2.38. The molecule has 0 N–H and O–H groups in total. The molecule has 1 heterocycles. The second-order valence-electron chi connectivity index (χ2n) is 8.66. The summed E-state index contributed by atoms with van der Waals surface area (Å²) in [5, 5.41) is 0. The predicted molar refractivity (Wildman–Crippen MR) is 123 cm³/mol. The molecule has 0 spiro atoms. The van der Waals surface area contributed by atoms with Crippen LogP contribution in [-0.2, 0) is 16.6 Å². The first-order valence-electron chi connectivity index (χ1n) is 11.0. The van der Waals surface area contributed by atoms with Crippen molar-refractivity contribution in [3.8, 4) is 0 Å². The van der Waals surface area contributed by atoms with Crippen molar-refractivity contribution >= 4 is 21.6 Å². The maximum atomic E-state index is 13.8. The Morgan fingerprint density at radius 3 is 2.29 bits per heavy atom. The van der Waals surface area contributed by atoms with E-state index in [2.05, 4.69) is 4.90 Å². The minimum atomic E-state index is -3.63. The van der Waals surface area contributed by atoms with Crippen LogP contribution in [0, 0.1) is 0 Å². The fourth-order valence-corrected chi connectivity index (χ4v) is 5.08. The highest BCUT2D eigenvalue weighted by molar-refractivity contribution is 7.89. The molecule has 2 aromatic rings. The van der Waals surface area contributed by atoms with Gasteiger partial charge < -0.3 is 9.80 Å². The lowest BCUT2D eigenvalue weighted by molar-refractivity contribution is 0.0730. The summed E-state index contributed by atoms with van der Waals surface area (Å²) in [6.45, 7) is 2.32. The summed E-state index contributed by atoms with van der Waals surface area (Å²) in [4.78, 5) is 18.2. The molecule has 2 aromatic carbocycles. The van der Waals surface area contributed by atoms with Crippen molar-refractivity contribution in [3.63, 3.8) is 0 Å². The summed E-state index contributed by atoms with van der Waals surface area (Å²) in [5.74, 6) is -0.0808. The van der Waals surface area contributed by atoms with Gasteiger partial charge >= 0.3 is 0 Å². The van der Waals surface area contributed by atoms with E-state index in [0.29, 0.717) is 12.1 Å². The van der Waals surface area contributed by atoms with Gasteiger partial charge in [0, 0.05) is 45.5 Å². The number of carbonyl (C=O) groups is 1. The quantitative estimate of drug-likeness (QED) is 0.657. The van der Waals surface area contributed by atoms with Crippen molar-refractivity contribution in [1.29, 1.82) is 0 Å². The number of benzene rings is 2. The number of rotatable bonds is 7. The first-order chi connectivity index (χ1) is 14.9. The highest BCUT2D eigenvalue weighted by Crippen LogP contribution is 2.34. The number of anilines is 1. The Labute approximate surface area is 185 Å². The standard InChI is InChI=1S/C24H31N3O3S/c1-25(2)31(29,30)21-13-14-23(26-15-7-4-8-16-26)22(17-21)24(28)27(20-11-12-20)18-19-9-5-3-6-10-19/h3,5-6,9-10,13-14,17,20H,4,7-8,11-12,15-16,18H2,1-2H3. The summed E-state index contributed by atoms with van der Waals surface area (Å²) in [6, 6.07) is 15.2. The average Bonchev–Trinajstić information content (AvgIpc) is 3.63. The Morgan fingerprint density at radius 1 is 1.00 bits per heavy atom. The third-order valence-corrected chi connectivity index (χ3v) is 7.93. The van der Waals surface area contributed by atoms with Gasteiger partial charge in [-0.15, -0.1) is 0 Å². The van der Waals surface area contributed by atoms with Crippen molar-refractivity contribution in [2.45, 2.75) is 49.6 Å². The highest BCUT2D eigenvalue weighted by atomic mass is 32.2. The Balaban J connectivity index is 1.74. The second-order valence-corrected chi connectivity index (χ2v) is 10.8. The lowest BCUT2D eigenvalue weighted by Gasteiger charge is -2.32. The van der Waals surface area contributed by atoms with Gasteiger partial charge in [-0.2, -0.15) is 0 Å². The zero-order valence-corrected chi connectivity index (χ0v) is 19.1. The zero-order valence-electron chi connectivity index (χ0n) is 18.3. The monoisotopic (exact) mass is 441 g/mol. The van der Waals surface area contributed by atoms with Crippen molar-refractivity contribution in [2.75, 3.05) is 32.1 Å². The first-order valence-corrected chi connectivity index (χ1v) is 12.5. The first kappa shape index (κ1) is 21.8. The fourth-order valence-electron chi connectivity index (χ4n) is 4.16. The molecule has 0 unspecified atom stereocenters. The molecular weight excluding hydrogens is 410 g/mol. The molecule has 2 aliphatic rings. The van der Waals surface area contributed by atoms with Gasteiger partial charge in [0.25, 0.3) is 5.91 Å². The van der Waals surface area contributed by atoms with Crippen molar-refractivity contribution in [2.24, 2.45) is 0 Å². The number of sulfonamides is 1. The Morgan fingerprint density at radius 2 is 1.68 bits per heavy atom. The minimum absolute atomic E-state index is 0.0808. The molecule has 2 fully saturated rings. The van der Waals surface area contributed by atoms with Crippen molar-refractivity contribution in [1.82, 2.24) is 9.21 Å². The summed E-state index contributed by atoms with van der Waals surface area (Å²) < 4.78 is 26.8. The third kappa shape index (κ3) is 4.77.